The van der Waals surface area contributed by atoms with E-state index in [1.165, 1.54) is 17.0 Å². The predicted molar refractivity (Wildman–Crippen MR) is 112 cm³/mol. The van der Waals surface area contributed by atoms with Crippen molar-refractivity contribution < 1.29 is 9.53 Å². The number of ether oxygens (including phenoxy) is 1. The minimum Gasteiger partial charge on any atom is -0.457 e. The van der Waals surface area contributed by atoms with Crippen molar-refractivity contribution in [2.75, 3.05) is 18.0 Å². The molecule has 138 valence electrons. The number of anilines is 1. The van der Waals surface area contributed by atoms with Gasteiger partial charge in [0.2, 0.25) is 0 Å². The molecule has 0 radical (unpaired) electrons. The fourth-order valence-corrected chi connectivity index (χ4v) is 4.42. The molecule has 1 aliphatic rings. The fraction of sp³-hybridized carbons (Fsp3) is 0.227. The molecule has 0 aliphatic carbocycles. The molecule has 0 bridgehead atoms. The van der Waals surface area contributed by atoms with E-state index in [9.17, 15) is 4.79 Å². The predicted octanol–water partition coefficient (Wildman–Crippen LogP) is 5.89. The number of para-hydroxylation sites is 1. The molecule has 0 spiro atoms. The van der Waals surface area contributed by atoms with Gasteiger partial charge in [-0.2, -0.15) is 0 Å². The van der Waals surface area contributed by atoms with Gasteiger partial charge in [0.05, 0.1) is 16.4 Å². The number of piperidine rings is 1. The molecule has 1 fully saturated rings. The van der Waals surface area contributed by atoms with Gasteiger partial charge in [-0.1, -0.05) is 41.9 Å². The molecule has 3 nitrogen and oxygen atoms in total. The molecule has 1 atom stereocenters. The smallest absolute Gasteiger partial charge is 0.338 e. The first-order valence-corrected chi connectivity index (χ1v) is 10.3. The zero-order valence-corrected chi connectivity index (χ0v) is 16.4. The van der Waals surface area contributed by atoms with Crippen LogP contribution in [0.3, 0.4) is 0 Å². The van der Waals surface area contributed by atoms with Crippen molar-refractivity contribution in [3.05, 3.63) is 76.6 Å². The van der Waals surface area contributed by atoms with E-state index in [0.29, 0.717) is 5.56 Å². The van der Waals surface area contributed by atoms with E-state index >= 15 is 0 Å². The first-order valence-electron chi connectivity index (χ1n) is 9.06. The van der Waals surface area contributed by atoms with E-state index in [1.54, 1.807) is 0 Å². The lowest BCUT2D eigenvalue weighted by atomic mass is 10.1. The Morgan fingerprint density at radius 3 is 2.52 bits per heavy atom. The summed E-state index contributed by atoms with van der Waals surface area (Å²) in [5.41, 5.74) is 2.81. The highest BCUT2D eigenvalue weighted by Gasteiger charge is 2.23. The van der Waals surface area contributed by atoms with Crippen LogP contribution in [0.1, 0.15) is 23.2 Å². The summed E-state index contributed by atoms with van der Waals surface area (Å²) in [5.74, 6) is -0.259. The van der Waals surface area contributed by atoms with Gasteiger partial charge in [-0.05, 0) is 54.8 Å². The number of esters is 1. The van der Waals surface area contributed by atoms with Gasteiger partial charge in [0.25, 0.3) is 0 Å². The third-order valence-corrected chi connectivity index (χ3v) is 6.03. The molecule has 1 aromatic heterocycles. The minimum atomic E-state index is -0.259. The molecule has 27 heavy (non-hydrogen) atoms. The quantitative estimate of drug-likeness (QED) is 0.514. The van der Waals surface area contributed by atoms with Crippen molar-refractivity contribution >= 4 is 34.6 Å². The molecule has 1 aliphatic heterocycles. The maximum atomic E-state index is 12.5. The fourth-order valence-electron chi connectivity index (χ4n) is 3.37. The number of hydrogen-bond donors (Lipinski definition) is 0. The molecule has 4 rings (SSSR count). The largest absolute Gasteiger partial charge is 0.457 e. The molecule has 0 amide bonds. The summed E-state index contributed by atoms with van der Waals surface area (Å²) in [4.78, 5) is 15.9. The Morgan fingerprint density at radius 1 is 1.04 bits per heavy atom. The van der Waals surface area contributed by atoms with Crippen LogP contribution in [0.5, 0.6) is 0 Å². The SMILES string of the molecule is O=C(OC1CCCN(c2ccccc2)C1)c1ccc(-c2ccc(Cl)s2)cc1. The normalized spacial score (nSPS) is 16.9. The Hall–Kier alpha value is -2.30. The lowest BCUT2D eigenvalue weighted by molar-refractivity contribution is 0.0270. The Morgan fingerprint density at radius 2 is 1.81 bits per heavy atom. The van der Waals surface area contributed by atoms with Crippen molar-refractivity contribution in [2.45, 2.75) is 18.9 Å². The molecule has 2 aromatic carbocycles. The number of benzene rings is 2. The highest BCUT2D eigenvalue weighted by Crippen LogP contribution is 2.31. The highest BCUT2D eigenvalue weighted by atomic mass is 35.5. The number of carbonyl (C=O) groups excluding carboxylic acids is 1. The van der Waals surface area contributed by atoms with Crippen LogP contribution in [0.2, 0.25) is 4.34 Å². The Balaban J connectivity index is 1.40. The third-order valence-electron chi connectivity index (χ3n) is 4.75. The average molecular weight is 398 g/mol. The average Bonchev–Trinajstić information content (AvgIpc) is 3.15. The molecule has 0 N–H and O–H groups in total. The van der Waals surface area contributed by atoms with Gasteiger partial charge < -0.3 is 9.64 Å². The number of rotatable bonds is 4. The highest BCUT2D eigenvalue weighted by molar-refractivity contribution is 7.19. The number of nitrogens with zero attached hydrogens (tertiary/aromatic N) is 1. The van der Waals surface area contributed by atoms with Crippen molar-refractivity contribution in [1.29, 1.82) is 0 Å². The van der Waals surface area contributed by atoms with E-state index in [1.807, 2.05) is 54.6 Å². The van der Waals surface area contributed by atoms with E-state index in [4.69, 9.17) is 16.3 Å². The maximum Gasteiger partial charge on any atom is 0.338 e. The van der Waals surface area contributed by atoms with Crippen LogP contribution in [0.15, 0.2) is 66.7 Å². The van der Waals surface area contributed by atoms with E-state index in [2.05, 4.69) is 17.0 Å². The number of hydrogen-bond acceptors (Lipinski definition) is 4. The van der Waals surface area contributed by atoms with Crippen LogP contribution in [0.25, 0.3) is 10.4 Å². The molecular weight excluding hydrogens is 378 g/mol. The zero-order chi connectivity index (χ0) is 18.6. The van der Waals surface area contributed by atoms with Crippen LogP contribution in [0, 0.1) is 0 Å². The van der Waals surface area contributed by atoms with Crippen molar-refractivity contribution in [2.24, 2.45) is 0 Å². The van der Waals surface area contributed by atoms with Gasteiger partial charge >= 0.3 is 5.97 Å². The standard InChI is InChI=1S/C22H20ClNO2S/c23-21-13-12-20(27-21)16-8-10-17(11-9-16)22(25)26-19-7-4-14-24(15-19)18-5-2-1-3-6-18/h1-3,5-6,8-13,19H,4,7,14-15H2. The second kappa shape index (κ2) is 8.15. The monoisotopic (exact) mass is 397 g/mol. The minimum absolute atomic E-state index is 0.0813. The van der Waals surface area contributed by atoms with Crippen molar-refractivity contribution in [3.8, 4) is 10.4 Å². The van der Waals surface area contributed by atoms with Crippen molar-refractivity contribution in [1.82, 2.24) is 0 Å². The van der Waals surface area contributed by atoms with Gasteiger partial charge in [0.1, 0.15) is 6.10 Å². The number of halogens is 1. The summed E-state index contributed by atoms with van der Waals surface area (Å²) in [5, 5.41) is 0. The molecule has 2 heterocycles. The molecule has 3 aromatic rings. The molecule has 1 unspecified atom stereocenters. The Kier molecular flexibility index (Phi) is 5.46. The summed E-state index contributed by atoms with van der Waals surface area (Å²) >= 11 is 7.52. The lowest BCUT2D eigenvalue weighted by Gasteiger charge is -2.34. The van der Waals surface area contributed by atoms with Gasteiger partial charge in [-0.3, -0.25) is 0 Å². The van der Waals surface area contributed by atoms with E-state index in [0.717, 1.165) is 40.7 Å². The summed E-state index contributed by atoms with van der Waals surface area (Å²) in [6.45, 7) is 1.73. The molecular formula is C22H20ClNO2S. The summed E-state index contributed by atoms with van der Waals surface area (Å²) in [6.07, 6.45) is 1.84. The molecule has 5 heteroatoms. The lowest BCUT2D eigenvalue weighted by Crippen LogP contribution is -2.40. The Bertz CT molecular complexity index is 908. The first-order chi connectivity index (χ1) is 13.2. The first kappa shape index (κ1) is 18.1. The second-order valence-electron chi connectivity index (χ2n) is 6.63. The zero-order valence-electron chi connectivity index (χ0n) is 14.8. The Labute approximate surface area is 168 Å². The van der Waals surface area contributed by atoms with Gasteiger partial charge in [-0.25, -0.2) is 4.79 Å². The van der Waals surface area contributed by atoms with Gasteiger partial charge in [0.15, 0.2) is 0 Å². The summed E-state index contributed by atoms with van der Waals surface area (Å²) < 4.78 is 6.54. The topological polar surface area (TPSA) is 29.5 Å². The van der Waals surface area contributed by atoms with Crippen LogP contribution in [-0.2, 0) is 4.74 Å². The molecule has 1 saturated heterocycles. The third kappa shape index (κ3) is 4.34. The van der Waals surface area contributed by atoms with E-state index in [-0.39, 0.29) is 12.1 Å². The van der Waals surface area contributed by atoms with Gasteiger partial charge in [0, 0.05) is 17.1 Å². The van der Waals surface area contributed by atoms with Crippen LogP contribution in [-0.4, -0.2) is 25.2 Å². The maximum absolute atomic E-state index is 12.5. The van der Waals surface area contributed by atoms with Crippen LogP contribution < -0.4 is 4.90 Å². The van der Waals surface area contributed by atoms with Crippen molar-refractivity contribution in [3.63, 3.8) is 0 Å². The van der Waals surface area contributed by atoms with Crippen LogP contribution in [0.4, 0.5) is 5.69 Å². The van der Waals surface area contributed by atoms with Crippen LogP contribution >= 0.6 is 22.9 Å². The summed E-state index contributed by atoms with van der Waals surface area (Å²) in [7, 11) is 0. The number of thiophene rings is 1. The summed E-state index contributed by atoms with van der Waals surface area (Å²) in [6, 6.07) is 21.7. The molecule has 0 saturated carbocycles. The van der Waals surface area contributed by atoms with Gasteiger partial charge in [-0.15, -0.1) is 11.3 Å². The number of carbonyl (C=O) groups is 1. The second-order valence-corrected chi connectivity index (χ2v) is 8.35. The van der Waals surface area contributed by atoms with E-state index < -0.39 is 0 Å².